The van der Waals surface area contributed by atoms with Crippen LogP contribution in [0.15, 0.2) is 28.9 Å². The highest BCUT2D eigenvalue weighted by Gasteiger charge is 2.22. The summed E-state index contributed by atoms with van der Waals surface area (Å²) < 4.78 is 11.8. The van der Waals surface area contributed by atoms with Crippen molar-refractivity contribution in [3.8, 4) is 11.5 Å². The summed E-state index contributed by atoms with van der Waals surface area (Å²) in [6.45, 7) is 6.04. The Kier molecular flexibility index (Phi) is 2.74. The zero-order valence-corrected chi connectivity index (χ0v) is 10.4. The Bertz CT molecular complexity index is 412. The summed E-state index contributed by atoms with van der Waals surface area (Å²) >= 11 is 3.48. The lowest BCUT2D eigenvalue weighted by Crippen LogP contribution is -2.09. The van der Waals surface area contributed by atoms with Crippen molar-refractivity contribution in [2.45, 2.75) is 19.3 Å². The van der Waals surface area contributed by atoms with Gasteiger partial charge in [-0.25, -0.2) is 0 Å². The van der Waals surface area contributed by atoms with E-state index in [0.717, 1.165) is 28.2 Å². The maximum Gasteiger partial charge on any atom is 0.136 e. The summed E-state index contributed by atoms with van der Waals surface area (Å²) in [5.74, 6) is 2.91. The van der Waals surface area contributed by atoms with Gasteiger partial charge in [0, 0.05) is 12.5 Å². The molecule has 0 radical (unpaired) electrons. The van der Waals surface area contributed by atoms with E-state index in [1.165, 1.54) is 5.56 Å². The SMILES string of the molecule is C=C1CC(C)c2cc(Br)c(OC)cc2O1. The van der Waals surface area contributed by atoms with E-state index in [9.17, 15) is 0 Å². The number of rotatable bonds is 1. The second-order valence-corrected chi connectivity index (χ2v) is 4.62. The Morgan fingerprint density at radius 2 is 2.27 bits per heavy atom. The molecule has 0 fully saturated rings. The minimum atomic E-state index is 0.448. The first kappa shape index (κ1) is 10.6. The highest BCUT2D eigenvalue weighted by atomic mass is 79.9. The van der Waals surface area contributed by atoms with E-state index < -0.39 is 0 Å². The minimum absolute atomic E-state index is 0.448. The molecule has 1 aliphatic heterocycles. The zero-order valence-electron chi connectivity index (χ0n) is 8.84. The highest BCUT2D eigenvalue weighted by Crippen LogP contribution is 2.42. The second-order valence-electron chi connectivity index (χ2n) is 3.77. The largest absolute Gasteiger partial charge is 0.495 e. The van der Waals surface area contributed by atoms with Gasteiger partial charge in [-0.2, -0.15) is 0 Å². The number of ether oxygens (including phenoxy) is 2. The van der Waals surface area contributed by atoms with Crippen LogP contribution in [0.25, 0.3) is 0 Å². The number of allylic oxidation sites excluding steroid dienone is 1. The van der Waals surface area contributed by atoms with E-state index in [-0.39, 0.29) is 0 Å². The summed E-state index contributed by atoms with van der Waals surface area (Å²) in [5.41, 5.74) is 1.20. The molecule has 2 rings (SSSR count). The Morgan fingerprint density at radius 1 is 1.53 bits per heavy atom. The van der Waals surface area contributed by atoms with E-state index in [1.54, 1.807) is 7.11 Å². The summed E-state index contributed by atoms with van der Waals surface area (Å²) in [5, 5.41) is 0. The van der Waals surface area contributed by atoms with E-state index in [2.05, 4.69) is 35.5 Å². The Balaban J connectivity index is 2.51. The van der Waals surface area contributed by atoms with Crippen molar-refractivity contribution in [1.29, 1.82) is 0 Å². The lowest BCUT2D eigenvalue weighted by molar-refractivity contribution is 0.355. The molecule has 1 aromatic carbocycles. The Hall–Kier alpha value is -0.960. The first-order valence-corrected chi connectivity index (χ1v) is 5.64. The average molecular weight is 269 g/mol. The molecular formula is C12H13BrO2. The number of fused-ring (bicyclic) bond motifs is 1. The van der Waals surface area contributed by atoms with Gasteiger partial charge in [0.05, 0.1) is 17.3 Å². The van der Waals surface area contributed by atoms with E-state index in [1.807, 2.05) is 6.07 Å². The molecule has 15 heavy (non-hydrogen) atoms. The van der Waals surface area contributed by atoms with Gasteiger partial charge in [-0.15, -0.1) is 0 Å². The molecule has 1 aliphatic rings. The molecule has 0 spiro atoms. The van der Waals surface area contributed by atoms with Gasteiger partial charge in [0.1, 0.15) is 11.5 Å². The zero-order chi connectivity index (χ0) is 11.0. The van der Waals surface area contributed by atoms with Crippen LogP contribution in [0, 0.1) is 0 Å². The van der Waals surface area contributed by atoms with Gasteiger partial charge < -0.3 is 9.47 Å². The quantitative estimate of drug-likeness (QED) is 0.770. The van der Waals surface area contributed by atoms with Gasteiger partial charge in [0.2, 0.25) is 0 Å². The van der Waals surface area contributed by atoms with Crippen molar-refractivity contribution in [2.75, 3.05) is 7.11 Å². The molecule has 80 valence electrons. The normalized spacial score (nSPS) is 19.4. The third kappa shape index (κ3) is 1.88. The third-order valence-electron chi connectivity index (χ3n) is 2.60. The van der Waals surface area contributed by atoms with Gasteiger partial charge in [0.25, 0.3) is 0 Å². The van der Waals surface area contributed by atoms with Crippen LogP contribution >= 0.6 is 15.9 Å². The van der Waals surface area contributed by atoms with E-state index >= 15 is 0 Å². The van der Waals surface area contributed by atoms with Crippen LogP contribution in [0.2, 0.25) is 0 Å². The van der Waals surface area contributed by atoms with Crippen molar-refractivity contribution >= 4 is 15.9 Å². The number of hydrogen-bond donors (Lipinski definition) is 0. The third-order valence-corrected chi connectivity index (χ3v) is 3.22. The van der Waals surface area contributed by atoms with Crippen LogP contribution in [0.5, 0.6) is 11.5 Å². The topological polar surface area (TPSA) is 18.5 Å². The summed E-state index contributed by atoms with van der Waals surface area (Å²) in [6.07, 6.45) is 0.881. The van der Waals surface area contributed by atoms with Crippen molar-refractivity contribution < 1.29 is 9.47 Å². The lowest BCUT2D eigenvalue weighted by Gasteiger charge is -2.25. The molecule has 0 N–H and O–H groups in total. The molecule has 1 aromatic rings. The number of halogens is 1. The van der Waals surface area contributed by atoms with Crippen molar-refractivity contribution in [3.05, 3.63) is 34.5 Å². The monoisotopic (exact) mass is 268 g/mol. The molecular weight excluding hydrogens is 256 g/mol. The fraction of sp³-hybridized carbons (Fsp3) is 0.333. The lowest BCUT2D eigenvalue weighted by atomic mass is 9.94. The van der Waals surface area contributed by atoms with Gasteiger partial charge >= 0.3 is 0 Å². The first-order valence-electron chi connectivity index (χ1n) is 4.85. The molecule has 3 heteroatoms. The van der Waals surface area contributed by atoms with Crippen LogP contribution < -0.4 is 9.47 Å². The van der Waals surface area contributed by atoms with Gasteiger partial charge in [-0.1, -0.05) is 13.5 Å². The smallest absolute Gasteiger partial charge is 0.136 e. The number of benzene rings is 1. The minimum Gasteiger partial charge on any atom is -0.495 e. The summed E-state index contributed by atoms with van der Waals surface area (Å²) in [7, 11) is 1.65. The van der Waals surface area contributed by atoms with Crippen LogP contribution in [-0.4, -0.2) is 7.11 Å². The molecule has 0 aliphatic carbocycles. The maximum absolute atomic E-state index is 5.60. The van der Waals surface area contributed by atoms with Crippen LogP contribution in [0.3, 0.4) is 0 Å². The molecule has 1 atom stereocenters. The molecule has 0 amide bonds. The number of methoxy groups -OCH3 is 1. The molecule has 0 bridgehead atoms. The predicted molar refractivity (Wildman–Crippen MR) is 63.5 cm³/mol. The predicted octanol–water partition coefficient (Wildman–Crippen LogP) is 3.86. The molecule has 0 aromatic heterocycles. The van der Waals surface area contributed by atoms with Gasteiger partial charge in [-0.3, -0.25) is 0 Å². The second kappa shape index (κ2) is 3.89. The highest BCUT2D eigenvalue weighted by molar-refractivity contribution is 9.10. The van der Waals surface area contributed by atoms with Crippen molar-refractivity contribution in [1.82, 2.24) is 0 Å². The fourth-order valence-electron chi connectivity index (χ4n) is 1.83. The summed E-state index contributed by atoms with van der Waals surface area (Å²) in [6, 6.07) is 3.96. The Morgan fingerprint density at radius 3 is 2.93 bits per heavy atom. The van der Waals surface area contributed by atoms with Crippen LogP contribution in [0.4, 0.5) is 0 Å². The van der Waals surface area contributed by atoms with E-state index in [0.29, 0.717) is 5.92 Å². The molecule has 0 saturated heterocycles. The van der Waals surface area contributed by atoms with Crippen LogP contribution in [-0.2, 0) is 0 Å². The summed E-state index contributed by atoms with van der Waals surface area (Å²) in [4.78, 5) is 0. The standard InChI is InChI=1S/C12H13BrO2/c1-7-4-8(2)15-11-6-12(14-3)10(13)5-9(7)11/h5-7H,2,4H2,1,3H3. The molecule has 1 unspecified atom stereocenters. The molecule has 0 saturated carbocycles. The molecule has 1 heterocycles. The van der Waals surface area contributed by atoms with Crippen LogP contribution in [0.1, 0.15) is 24.8 Å². The number of hydrogen-bond acceptors (Lipinski definition) is 2. The van der Waals surface area contributed by atoms with Gasteiger partial charge in [-0.05, 0) is 33.5 Å². The first-order chi connectivity index (χ1) is 7.11. The van der Waals surface area contributed by atoms with Crippen molar-refractivity contribution in [3.63, 3.8) is 0 Å². The van der Waals surface area contributed by atoms with Gasteiger partial charge in [0.15, 0.2) is 0 Å². The molecule has 2 nitrogen and oxygen atoms in total. The fourth-order valence-corrected chi connectivity index (χ4v) is 2.35. The van der Waals surface area contributed by atoms with E-state index in [4.69, 9.17) is 9.47 Å². The Labute approximate surface area is 98.0 Å². The van der Waals surface area contributed by atoms with Crippen molar-refractivity contribution in [2.24, 2.45) is 0 Å². The maximum atomic E-state index is 5.60. The average Bonchev–Trinajstić information content (AvgIpc) is 2.18.